The van der Waals surface area contributed by atoms with Crippen molar-refractivity contribution in [2.75, 3.05) is 0 Å². The van der Waals surface area contributed by atoms with Crippen molar-refractivity contribution < 1.29 is 4.39 Å². The summed E-state index contributed by atoms with van der Waals surface area (Å²) in [6.07, 6.45) is 5.40. The van der Waals surface area contributed by atoms with Gasteiger partial charge in [0.05, 0.1) is 6.54 Å². The Kier molecular flexibility index (Phi) is 3.29. The summed E-state index contributed by atoms with van der Waals surface area (Å²) in [6, 6.07) is 10.1. The first kappa shape index (κ1) is 13.9. The molecule has 0 atom stereocenters. The SMILES string of the molecule is O=c1n(Cc2ccc(F)cc2)nc(-c2cccnc2)n1C1CC1. The topological polar surface area (TPSA) is 52.7 Å². The number of nitrogens with zero attached hydrogens (tertiary/aromatic N) is 4. The highest BCUT2D eigenvalue weighted by atomic mass is 19.1. The van der Waals surface area contributed by atoms with Crippen molar-refractivity contribution in [3.8, 4) is 11.4 Å². The Morgan fingerprint density at radius 2 is 1.96 bits per heavy atom. The van der Waals surface area contributed by atoms with Crippen molar-refractivity contribution in [2.24, 2.45) is 0 Å². The highest BCUT2D eigenvalue weighted by molar-refractivity contribution is 5.53. The predicted molar refractivity (Wildman–Crippen MR) is 83.5 cm³/mol. The molecule has 6 heteroatoms. The van der Waals surface area contributed by atoms with Crippen molar-refractivity contribution in [1.29, 1.82) is 0 Å². The zero-order chi connectivity index (χ0) is 15.8. The molecule has 2 heterocycles. The summed E-state index contributed by atoms with van der Waals surface area (Å²) < 4.78 is 16.2. The molecule has 0 amide bonds. The zero-order valence-electron chi connectivity index (χ0n) is 12.4. The van der Waals surface area contributed by atoms with E-state index in [2.05, 4.69) is 10.1 Å². The van der Waals surface area contributed by atoms with Gasteiger partial charge in [0, 0.05) is 24.0 Å². The Bertz CT molecular complexity index is 879. The molecule has 1 aliphatic carbocycles. The maximum Gasteiger partial charge on any atom is 0.346 e. The molecule has 1 aliphatic rings. The van der Waals surface area contributed by atoms with E-state index in [0.717, 1.165) is 24.0 Å². The van der Waals surface area contributed by atoms with Crippen molar-refractivity contribution in [1.82, 2.24) is 19.3 Å². The van der Waals surface area contributed by atoms with Crippen molar-refractivity contribution in [2.45, 2.75) is 25.4 Å². The van der Waals surface area contributed by atoms with Gasteiger partial charge in [-0.25, -0.2) is 13.9 Å². The number of aromatic nitrogens is 4. The third-order valence-corrected chi connectivity index (χ3v) is 3.95. The minimum atomic E-state index is -0.291. The predicted octanol–water partition coefficient (Wildman–Crippen LogP) is 2.63. The molecule has 116 valence electrons. The van der Waals surface area contributed by atoms with E-state index in [1.165, 1.54) is 16.8 Å². The van der Waals surface area contributed by atoms with Gasteiger partial charge in [0.2, 0.25) is 0 Å². The van der Waals surface area contributed by atoms with Gasteiger partial charge in [0.1, 0.15) is 5.82 Å². The highest BCUT2D eigenvalue weighted by Crippen LogP contribution is 2.36. The van der Waals surface area contributed by atoms with Crippen molar-refractivity contribution in [3.63, 3.8) is 0 Å². The molecule has 0 saturated heterocycles. The van der Waals surface area contributed by atoms with Gasteiger partial charge >= 0.3 is 5.69 Å². The smallest absolute Gasteiger partial charge is 0.272 e. The fraction of sp³-hybridized carbons (Fsp3) is 0.235. The number of benzene rings is 1. The Labute approximate surface area is 132 Å². The lowest BCUT2D eigenvalue weighted by atomic mass is 10.2. The number of hydrogen-bond donors (Lipinski definition) is 0. The van der Waals surface area contributed by atoms with Crippen LogP contribution in [0.2, 0.25) is 0 Å². The molecule has 0 spiro atoms. The lowest BCUT2D eigenvalue weighted by Gasteiger charge is -2.02. The largest absolute Gasteiger partial charge is 0.346 e. The van der Waals surface area contributed by atoms with Crippen LogP contribution in [0.1, 0.15) is 24.4 Å². The molecule has 3 aromatic rings. The van der Waals surface area contributed by atoms with Crippen LogP contribution in [0.5, 0.6) is 0 Å². The summed E-state index contributed by atoms with van der Waals surface area (Å²) in [5.41, 5.74) is 1.54. The minimum Gasteiger partial charge on any atom is -0.272 e. The first-order valence-electron chi connectivity index (χ1n) is 7.56. The van der Waals surface area contributed by atoms with Crippen LogP contribution in [-0.2, 0) is 6.54 Å². The summed E-state index contributed by atoms with van der Waals surface area (Å²) in [4.78, 5) is 16.8. The maximum absolute atomic E-state index is 13.0. The molecule has 0 radical (unpaired) electrons. The molecule has 0 bridgehead atoms. The lowest BCUT2D eigenvalue weighted by molar-refractivity contribution is 0.615. The molecule has 23 heavy (non-hydrogen) atoms. The van der Waals surface area contributed by atoms with E-state index in [0.29, 0.717) is 12.4 Å². The number of hydrogen-bond acceptors (Lipinski definition) is 3. The van der Waals surface area contributed by atoms with Gasteiger partial charge in [0.25, 0.3) is 0 Å². The van der Waals surface area contributed by atoms with Gasteiger partial charge in [-0.1, -0.05) is 12.1 Å². The molecular weight excluding hydrogens is 295 g/mol. The summed E-state index contributed by atoms with van der Waals surface area (Å²) >= 11 is 0. The minimum absolute atomic E-state index is 0.129. The van der Waals surface area contributed by atoms with E-state index >= 15 is 0 Å². The second-order valence-corrected chi connectivity index (χ2v) is 5.73. The average molecular weight is 310 g/mol. The third-order valence-electron chi connectivity index (χ3n) is 3.95. The third kappa shape index (κ3) is 2.67. The Morgan fingerprint density at radius 1 is 1.17 bits per heavy atom. The summed E-state index contributed by atoms with van der Waals surface area (Å²) in [5, 5.41) is 4.49. The van der Waals surface area contributed by atoms with Gasteiger partial charge in [-0.3, -0.25) is 9.55 Å². The first-order chi connectivity index (χ1) is 11.2. The van der Waals surface area contributed by atoms with Crippen LogP contribution >= 0.6 is 0 Å². The molecule has 2 aromatic heterocycles. The summed E-state index contributed by atoms with van der Waals surface area (Å²) in [6.45, 7) is 0.325. The van der Waals surface area contributed by atoms with E-state index in [1.54, 1.807) is 29.1 Å². The van der Waals surface area contributed by atoms with Crippen LogP contribution in [0, 0.1) is 5.82 Å². The number of halogens is 1. The molecule has 4 rings (SSSR count). The zero-order valence-corrected chi connectivity index (χ0v) is 12.4. The van der Waals surface area contributed by atoms with Crippen LogP contribution in [-0.4, -0.2) is 19.3 Å². The van der Waals surface area contributed by atoms with Gasteiger partial charge in [-0.2, -0.15) is 0 Å². The fourth-order valence-corrected chi connectivity index (χ4v) is 2.64. The fourth-order valence-electron chi connectivity index (χ4n) is 2.64. The molecule has 0 aliphatic heterocycles. The van der Waals surface area contributed by atoms with E-state index in [9.17, 15) is 9.18 Å². The van der Waals surface area contributed by atoms with Crippen LogP contribution < -0.4 is 5.69 Å². The van der Waals surface area contributed by atoms with Gasteiger partial charge in [-0.05, 0) is 42.7 Å². The standard InChI is InChI=1S/C17H15FN4O/c18-14-5-3-12(4-6-14)11-21-17(23)22(15-7-8-15)16(20-21)13-2-1-9-19-10-13/h1-6,9-10,15H,7-8,11H2. The molecule has 0 N–H and O–H groups in total. The van der Waals surface area contributed by atoms with E-state index < -0.39 is 0 Å². The van der Waals surface area contributed by atoms with Crippen LogP contribution in [0.25, 0.3) is 11.4 Å². The number of pyridine rings is 1. The molecule has 1 fully saturated rings. The molecule has 1 aromatic carbocycles. The van der Waals surface area contributed by atoms with Crippen LogP contribution in [0.15, 0.2) is 53.6 Å². The maximum atomic E-state index is 13.0. The summed E-state index contributed by atoms with van der Waals surface area (Å²) in [7, 11) is 0. The molecular formula is C17H15FN4O. The van der Waals surface area contributed by atoms with Gasteiger partial charge in [-0.15, -0.1) is 5.10 Å². The lowest BCUT2D eigenvalue weighted by Crippen LogP contribution is -2.25. The second kappa shape index (κ2) is 5.46. The Balaban J connectivity index is 1.76. The van der Waals surface area contributed by atoms with Gasteiger partial charge < -0.3 is 0 Å². The van der Waals surface area contributed by atoms with E-state index in [4.69, 9.17) is 0 Å². The summed E-state index contributed by atoms with van der Waals surface area (Å²) in [5.74, 6) is 0.355. The number of rotatable bonds is 4. The Morgan fingerprint density at radius 3 is 2.61 bits per heavy atom. The first-order valence-corrected chi connectivity index (χ1v) is 7.56. The quantitative estimate of drug-likeness (QED) is 0.744. The second-order valence-electron chi connectivity index (χ2n) is 5.73. The van der Waals surface area contributed by atoms with Crippen molar-refractivity contribution >= 4 is 0 Å². The average Bonchev–Trinajstić information content (AvgIpc) is 3.36. The van der Waals surface area contributed by atoms with E-state index in [-0.39, 0.29) is 17.5 Å². The Hall–Kier alpha value is -2.76. The molecule has 1 saturated carbocycles. The molecule has 0 unspecified atom stereocenters. The monoisotopic (exact) mass is 310 g/mol. The van der Waals surface area contributed by atoms with Crippen molar-refractivity contribution in [3.05, 3.63) is 70.7 Å². The highest BCUT2D eigenvalue weighted by Gasteiger charge is 2.30. The van der Waals surface area contributed by atoms with E-state index in [1.807, 2.05) is 12.1 Å². The van der Waals surface area contributed by atoms with Gasteiger partial charge in [0.15, 0.2) is 5.82 Å². The van der Waals surface area contributed by atoms with Crippen LogP contribution in [0.4, 0.5) is 4.39 Å². The normalized spacial score (nSPS) is 14.1. The molecule has 5 nitrogen and oxygen atoms in total. The van der Waals surface area contributed by atoms with Crippen LogP contribution in [0.3, 0.4) is 0 Å².